The van der Waals surface area contributed by atoms with Crippen LogP contribution in [0.4, 0.5) is 0 Å². The zero-order valence-corrected chi connectivity index (χ0v) is 16.2. The Balaban J connectivity index is 1.90. The Kier molecular flexibility index (Phi) is 8.08. The van der Waals surface area contributed by atoms with Gasteiger partial charge in [0.05, 0.1) is 6.04 Å². The van der Waals surface area contributed by atoms with Crippen molar-refractivity contribution >= 4 is 5.96 Å². The van der Waals surface area contributed by atoms with Gasteiger partial charge in [0.25, 0.3) is 0 Å². The molecule has 0 aliphatic carbocycles. The maximum absolute atomic E-state index is 5.13. The Hall–Kier alpha value is -2.41. The predicted octanol–water partition coefficient (Wildman–Crippen LogP) is 2.17. The molecular formula is C19H30N6O. The highest BCUT2D eigenvalue weighted by atomic mass is 16.5. The van der Waals surface area contributed by atoms with Gasteiger partial charge in [-0.05, 0) is 25.6 Å². The molecule has 2 rings (SSSR count). The lowest BCUT2D eigenvalue weighted by atomic mass is 10.1. The van der Waals surface area contributed by atoms with Crippen LogP contribution in [0.15, 0.2) is 39.8 Å². The van der Waals surface area contributed by atoms with E-state index in [1.54, 1.807) is 7.05 Å². The third-order valence-electron chi connectivity index (χ3n) is 4.32. The van der Waals surface area contributed by atoms with Gasteiger partial charge < -0.3 is 15.2 Å². The summed E-state index contributed by atoms with van der Waals surface area (Å²) in [6.07, 6.45) is 0.666. The Morgan fingerprint density at radius 1 is 1.19 bits per heavy atom. The summed E-state index contributed by atoms with van der Waals surface area (Å²) in [6, 6.07) is 10.9. The van der Waals surface area contributed by atoms with Crippen molar-refractivity contribution in [3.05, 3.63) is 47.6 Å². The van der Waals surface area contributed by atoms with Crippen LogP contribution in [0.5, 0.6) is 0 Å². The fourth-order valence-electron chi connectivity index (χ4n) is 2.94. The molecule has 1 atom stereocenters. The number of nitrogens with zero attached hydrogens (tertiary/aromatic N) is 4. The van der Waals surface area contributed by atoms with Gasteiger partial charge in [-0.1, -0.05) is 49.3 Å². The number of aryl methyl sites for hydroxylation is 1. The SMILES string of the molecule is CCN(CC)C(CNC(=NC)NCCc1nc(C)no1)c1ccccc1. The minimum Gasteiger partial charge on any atom is -0.356 e. The summed E-state index contributed by atoms with van der Waals surface area (Å²) in [7, 11) is 1.78. The topological polar surface area (TPSA) is 78.6 Å². The number of hydrogen-bond acceptors (Lipinski definition) is 5. The molecule has 2 aromatic rings. The summed E-state index contributed by atoms with van der Waals surface area (Å²) in [5.74, 6) is 2.07. The number of aromatic nitrogens is 2. The van der Waals surface area contributed by atoms with Crippen LogP contribution in [-0.2, 0) is 6.42 Å². The quantitative estimate of drug-likeness (QED) is 0.528. The second-order valence-corrected chi connectivity index (χ2v) is 6.01. The first-order chi connectivity index (χ1) is 12.7. The smallest absolute Gasteiger partial charge is 0.228 e. The molecule has 0 saturated heterocycles. The maximum Gasteiger partial charge on any atom is 0.228 e. The fourth-order valence-corrected chi connectivity index (χ4v) is 2.94. The van der Waals surface area contributed by atoms with Crippen molar-refractivity contribution in [3.63, 3.8) is 0 Å². The minimum absolute atomic E-state index is 0.295. The van der Waals surface area contributed by atoms with Crippen molar-refractivity contribution in [2.75, 3.05) is 33.2 Å². The van der Waals surface area contributed by atoms with Gasteiger partial charge in [-0.3, -0.25) is 9.89 Å². The molecule has 0 radical (unpaired) electrons. The highest BCUT2D eigenvalue weighted by Gasteiger charge is 2.18. The number of hydrogen-bond donors (Lipinski definition) is 2. The van der Waals surface area contributed by atoms with Crippen molar-refractivity contribution in [2.45, 2.75) is 33.2 Å². The van der Waals surface area contributed by atoms with Crippen LogP contribution in [0.2, 0.25) is 0 Å². The fraction of sp³-hybridized carbons (Fsp3) is 0.526. The average molecular weight is 358 g/mol. The van der Waals surface area contributed by atoms with Crippen LogP contribution in [0, 0.1) is 6.92 Å². The van der Waals surface area contributed by atoms with Gasteiger partial charge in [0, 0.05) is 26.6 Å². The first kappa shape index (κ1) is 19.9. The van der Waals surface area contributed by atoms with Gasteiger partial charge in [0.15, 0.2) is 11.8 Å². The zero-order valence-electron chi connectivity index (χ0n) is 16.2. The summed E-state index contributed by atoms with van der Waals surface area (Å²) >= 11 is 0. The van der Waals surface area contributed by atoms with E-state index >= 15 is 0 Å². The van der Waals surface area contributed by atoms with Crippen LogP contribution < -0.4 is 10.6 Å². The molecule has 142 valence electrons. The molecule has 0 bridgehead atoms. The van der Waals surface area contributed by atoms with Crippen molar-refractivity contribution in [1.29, 1.82) is 0 Å². The van der Waals surface area contributed by atoms with Crippen LogP contribution in [-0.4, -0.2) is 54.2 Å². The van der Waals surface area contributed by atoms with Crippen LogP contribution in [0.3, 0.4) is 0 Å². The summed E-state index contributed by atoms with van der Waals surface area (Å²) < 4.78 is 5.13. The van der Waals surface area contributed by atoms with Gasteiger partial charge in [0.2, 0.25) is 5.89 Å². The van der Waals surface area contributed by atoms with E-state index in [-0.39, 0.29) is 0 Å². The number of benzene rings is 1. The second-order valence-electron chi connectivity index (χ2n) is 6.01. The number of aliphatic imine (C=N–C) groups is 1. The van der Waals surface area contributed by atoms with Crippen LogP contribution >= 0.6 is 0 Å². The van der Waals surface area contributed by atoms with E-state index in [1.165, 1.54) is 5.56 Å². The van der Waals surface area contributed by atoms with Gasteiger partial charge >= 0.3 is 0 Å². The van der Waals surface area contributed by atoms with Gasteiger partial charge in [0.1, 0.15) is 0 Å². The molecule has 1 aromatic heterocycles. The van der Waals surface area contributed by atoms with Crippen LogP contribution in [0.1, 0.15) is 37.2 Å². The van der Waals surface area contributed by atoms with Gasteiger partial charge in [-0.15, -0.1) is 0 Å². The lowest BCUT2D eigenvalue weighted by Crippen LogP contribution is -2.43. The Labute approximate surface area is 155 Å². The lowest BCUT2D eigenvalue weighted by molar-refractivity contribution is 0.219. The number of likely N-dealkylation sites (N-methyl/N-ethyl adjacent to an activating group) is 1. The molecular weight excluding hydrogens is 328 g/mol. The maximum atomic E-state index is 5.13. The highest BCUT2D eigenvalue weighted by Crippen LogP contribution is 2.19. The molecule has 2 N–H and O–H groups in total. The van der Waals surface area contributed by atoms with Crippen LogP contribution in [0.25, 0.3) is 0 Å². The summed E-state index contributed by atoms with van der Waals surface area (Å²) in [4.78, 5) is 11.0. The zero-order chi connectivity index (χ0) is 18.8. The first-order valence-electron chi connectivity index (χ1n) is 9.20. The molecule has 1 heterocycles. The minimum atomic E-state index is 0.295. The largest absolute Gasteiger partial charge is 0.356 e. The standard InChI is InChI=1S/C19H30N6O/c1-5-25(6-2)17(16-10-8-7-9-11-16)14-22-19(20-4)21-13-12-18-23-15(3)24-26-18/h7-11,17H,5-6,12-14H2,1-4H3,(H2,20,21,22). The highest BCUT2D eigenvalue weighted by molar-refractivity contribution is 5.79. The molecule has 0 spiro atoms. The summed E-state index contributed by atoms with van der Waals surface area (Å²) in [6.45, 7) is 9.67. The molecule has 1 unspecified atom stereocenters. The Morgan fingerprint density at radius 3 is 2.50 bits per heavy atom. The van der Waals surface area contributed by atoms with Crippen molar-refractivity contribution < 1.29 is 4.52 Å². The van der Waals surface area contributed by atoms with E-state index in [9.17, 15) is 0 Å². The lowest BCUT2D eigenvalue weighted by Gasteiger charge is -2.30. The van der Waals surface area contributed by atoms with E-state index in [2.05, 4.69) is 74.8 Å². The molecule has 0 aliphatic heterocycles. The van der Waals surface area contributed by atoms with Gasteiger partial charge in [-0.25, -0.2) is 0 Å². The Bertz CT molecular complexity index is 666. The van der Waals surface area contributed by atoms with E-state index in [0.29, 0.717) is 30.7 Å². The molecule has 26 heavy (non-hydrogen) atoms. The Morgan fingerprint density at radius 2 is 1.92 bits per heavy atom. The molecule has 0 amide bonds. The van der Waals surface area contributed by atoms with E-state index in [0.717, 1.165) is 25.6 Å². The van der Waals surface area contributed by atoms with Crippen molar-refractivity contribution in [1.82, 2.24) is 25.7 Å². The summed E-state index contributed by atoms with van der Waals surface area (Å²) in [5.41, 5.74) is 1.31. The van der Waals surface area contributed by atoms with Gasteiger partial charge in [-0.2, -0.15) is 4.98 Å². The van der Waals surface area contributed by atoms with E-state index in [1.807, 2.05) is 6.92 Å². The van der Waals surface area contributed by atoms with E-state index in [4.69, 9.17) is 4.52 Å². The monoisotopic (exact) mass is 358 g/mol. The van der Waals surface area contributed by atoms with Crippen molar-refractivity contribution in [2.24, 2.45) is 4.99 Å². The molecule has 7 heteroatoms. The third kappa shape index (κ3) is 5.84. The normalized spacial score (nSPS) is 13.0. The molecule has 1 aromatic carbocycles. The summed E-state index contributed by atoms with van der Waals surface area (Å²) in [5, 5.41) is 10.5. The number of guanidine groups is 1. The average Bonchev–Trinajstić information content (AvgIpc) is 3.09. The molecule has 0 aliphatic rings. The first-order valence-corrected chi connectivity index (χ1v) is 9.20. The number of rotatable bonds is 9. The molecule has 0 fully saturated rings. The van der Waals surface area contributed by atoms with Crippen molar-refractivity contribution in [3.8, 4) is 0 Å². The second kappa shape index (κ2) is 10.6. The number of nitrogens with one attached hydrogen (secondary N) is 2. The molecule has 0 saturated carbocycles. The van der Waals surface area contributed by atoms with E-state index < -0.39 is 0 Å². The predicted molar refractivity (Wildman–Crippen MR) is 104 cm³/mol. The third-order valence-corrected chi connectivity index (χ3v) is 4.32. The molecule has 7 nitrogen and oxygen atoms in total.